The van der Waals surface area contributed by atoms with Crippen LogP contribution < -0.4 is 5.32 Å². The Labute approximate surface area is 120 Å². The zero-order valence-corrected chi connectivity index (χ0v) is 12.3. The van der Waals surface area contributed by atoms with Crippen LogP contribution in [0.4, 0.5) is 5.82 Å². The van der Waals surface area contributed by atoms with E-state index in [4.69, 9.17) is 11.6 Å². The predicted octanol–water partition coefficient (Wildman–Crippen LogP) is 3.02. The number of aromatic nitrogens is 2. The van der Waals surface area contributed by atoms with Crippen LogP contribution in [-0.4, -0.2) is 27.7 Å². The first-order chi connectivity index (χ1) is 9.22. The number of anilines is 1. The number of thiophene rings is 1. The molecule has 1 atom stereocenters. The second kappa shape index (κ2) is 5.23. The lowest BCUT2D eigenvalue weighted by molar-refractivity contribution is 0.271. The molecule has 102 valence electrons. The van der Waals surface area contributed by atoms with Crippen molar-refractivity contribution in [3.8, 4) is 0 Å². The summed E-state index contributed by atoms with van der Waals surface area (Å²) in [6.07, 6.45) is 4.26. The molecule has 1 aliphatic rings. The molecule has 0 bridgehead atoms. The molecule has 0 saturated carbocycles. The fraction of sp³-hybridized carbons (Fsp3) is 0.538. The summed E-state index contributed by atoms with van der Waals surface area (Å²) in [5.74, 6) is 0.773. The van der Waals surface area contributed by atoms with Crippen LogP contribution >= 0.6 is 22.9 Å². The SMILES string of the molecule is CCC(CO)Nc1nc(Cl)nc2sc3c(c12)CCC3. The van der Waals surface area contributed by atoms with Crippen molar-refractivity contribution in [2.75, 3.05) is 11.9 Å². The van der Waals surface area contributed by atoms with Crippen LogP contribution in [-0.2, 0) is 12.8 Å². The quantitative estimate of drug-likeness (QED) is 0.852. The summed E-state index contributed by atoms with van der Waals surface area (Å²) >= 11 is 7.72. The summed E-state index contributed by atoms with van der Waals surface area (Å²) in [6.45, 7) is 2.12. The molecule has 0 spiro atoms. The van der Waals surface area contributed by atoms with Gasteiger partial charge in [-0.2, -0.15) is 0 Å². The molecular weight excluding hydrogens is 282 g/mol. The molecule has 1 unspecified atom stereocenters. The molecule has 0 radical (unpaired) electrons. The number of aliphatic hydroxyl groups is 1. The number of nitrogens with one attached hydrogen (secondary N) is 1. The third kappa shape index (κ3) is 2.30. The average Bonchev–Trinajstić information content (AvgIpc) is 2.95. The molecule has 2 N–H and O–H groups in total. The van der Waals surface area contributed by atoms with Crippen molar-refractivity contribution in [3.63, 3.8) is 0 Å². The Kier molecular flexibility index (Phi) is 3.60. The molecule has 0 aromatic carbocycles. The van der Waals surface area contributed by atoms with Gasteiger partial charge in [-0.3, -0.25) is 0 Å². The minimum Gasteiger partial charge on any atom is -0.394 e. The van der Waals surface area contributed by atoms with Crippen molar-refractivity contribution < 1.29 is 5.11 Å². The van der Waals surface area contributed by atoms with Crippen molar-refractivity contribution in [2.24, 2.45) is 0 Å². The average molecular weight is 298 g/mol. The summed E-state index contributed by atoms with van der Waals surface area (Å²) < 4.78 is 0. The van der Waals surface area contributed by atoms with Crippen LogP contribution in [0.25, 0.3) is 10.2 Å². The van der Waals surface area contributed by atoms with E-state index in [1.807, 2.05) is 6.92 Å². The summed E-state index contributed by atoms with van der Waals surface area (Å²) in [4.78, 5) is 11.0. The van der Waals surface area contributed by atoms with Gasteiger partial charge in [0.2, 0.25) is 5.28 Å². The second-order valence-corrected chi connectivity index (χ2v) is 6.23. The molecule has 4 nitrogen and oxygen atoms in total. The van der Waals surface area contributed by atoms with Gasteiger partial charge in [-0.05, 0) is 42.8 Å². The minimum absolute atomic E-state index is 0.00567. The van der Waals surface area contributed by atoms with Gasteiger partial charge in [0, 0.05) is 4.88 Å². The highest BCUT2D eigenvalue weighted by atomic mass is 35.5. The second-order valence-electron chi connectivity index (χ2n) is 4.81. The van der Waals surface area contributed by atoms with Gasteiger partial charge in [0.1, 0.15) is 10.6 Å². The Balaban J connectivity index is 2.11. The molecule has 6 heteroatoms. The highest BCUT2D eigenvalue weighted by Crippen LogP contribution is 2.40. The fourth-order valence-electron chi connectivity index (χ4n) is 2.54. The first-order valence-electron chi connectivity index (χ1n) is 6.58. The molecule has 0 fully saturated rings. The Morgan fingerprint density at radius 2 is 2.26 bits per heavy atom. The van der Waals surface area contributed by atoms with E-state index in [9.17, 15) is 5.11 Å². The molecule has 3 rings (SSSR count). The summed E-state index contributed by atoms with van der Waals surface area (Å²) in [5, 5.41) is 14.0. The monoisotopic (exact) mass is 297 g/mol. The largest absolute Gasteiger partial charge is 0.394 e. The minimum atomic E-state index is 0.00567. The Morgan fingerprint density at radius 3 is 3.00 bits per heavy atom. The lowest BCUT2D eigenvalue weighted by atomic mass is 10.1. The van der Waals surface area contributed by atoms with Crippen molar-refractivity contribution in [1.82, 2.24) is 9.97 Å². The smallest absolute Gasteiger partial charge is 0.225 e. The number of halogens is 1. The lowest BCUT2D eigenvalue weighted by Gasteiger charge is -2.15. The third-order valence-electron chi connectivity index (χ3n) is 3.59. The summed E-state index contributed by atoms with van der Waals surface area (Å²) in [5.41, 5.74) is 1.37. The molecule has 1 aliphatic carbocycles. The number of hydrogen-bond donors (Lipinski definition) is 2. The molecule has 2 aromatic rings. The fourth-order valence-corrected chi connectivity index (χ4v) is 4.02. The van der Waals surface area contributed by atoms with Crippen LogP contribution in [0, 0.1) is 0 Å². The normalized spacial score (nSPS) is 15.7. The number of nitrogens with zero attached hydrogens (tertiary/aromatic N) is 2. The molecular formula is C13H16ClN3OS. The van der Waals surface area contributed by atoms with Gasteiger partial charge in [-0.25, -0.2) is 9.97 Å². The van der Waals surface area contributed by atoms with E-state index in [0.29, 0.717) is 0 Å². The molecule has 0 saturated heterocycles. The highest BCUT2D eigenvalue weighted by molar-refractivity contribution is 7.19. The van der Waals surface area contributed by atoms with Gasteiger partial charge in [0.25, 0.3) is 0 Å². The van der Waals surface area contributed by atoms with E-state index in [0.717, 1.165) is 35.3 Å². The number of aliphatic hydroxyl groups excluding tert-OH is 1. The maximum atomic E-state index is 9.34. The molecule has 2 heterocycles. The van der Waals surface area contributed by atoms with Crippen LogP contribution in [0.5, 0.6) is 0 Å². The van der Waals surface area contributed by atoms with Crippen molar-refractivity contribution in [2.45, 2.75) is 38.6 Å². The van der Waals surface area contributed by atoms with Gasteiger partial charge in [0.15, 0.2) is 0 Å². The third-order valence-corrected chi connectivity index (χ3v) is 4.95. The Morgan fingerprint density at radius 1 is 1.42 bits per heavy atom. The van der Waals surface area contributed by atoms with Crippen LogP contribution in [0.3, 0.4) is 0 Å². The molecule has 0 aliphatic heterocycles. The molecule has 2 aromatic heterocycles. The maximum Gasteiger partial charge on any atom is 0.225 e. The van der Waals surface area contributed by atoms with Crippen molar-refractivity contribution >= 4 is 39.0 Å². The standard InChI is InChI=1S/C13H16ClN3OS/c1-2-7(6-18)15-11-10-8-4-3-5-9(8)19-12(10)17-13(14)16-11/h7,18H,2-6H2,1H3,(H,15,16,17). The van der Waals surface area contributed by atoms with Gasteiger partial charge in [-0.15, -0.1) is 11.3 Å². The molecule has 0 amide bonds. The van der Waals surface area contributed by atoms with E-state index < -0.39 is 0 Å². The van der Waals surface area contributed by atoms with Crippen molar-refractivity contribution in [3.05, 3.63) is 15.7 Å². The van der Waals surface area contributed by atoms with E-state index in [1.165, 1.54) is 16.9 Å². The summed E-state index contributed by atoms with van der Waals surface area (Å²) in [7, 11) is 0. The number of rotatable bonds is 4. The first kappa shape index (κ1) is 13.1. The van der Waals surface area contributed by atoms with Gasteiger partial charge in [0.05, 0.1) is 18.0 Å². The van der Waals surface area contributed by atoms with E-state index in [-0.39, 0.29) is 17.9 Å². The topological polar surface area (TPSA) is 58.0 Å². The van der Waals surface area contributed by atoms with E-state index in [2.05, 4.69) is 15.3 Å². The van der Waals surface area contributed by atoms with Gasteiger partial charge >= 0.3 is 0 Å². The number of hydrogen-bond acceptors (Lipinski definition) is 5. The van der Waals surface area contributed by atoms with Crippen molar-refractivity contribution in [1.29, 1.82) is 0 Å². The predicted molar refractivity (Wildman–Crippen MR) is 79.2 cm³/mol. The zero-order valence-electron chi connectivity index (χ0n) is 10.7. The van der Waals surface area contributed by atoms with E-state index >= 15 is 0 Å². The Bertz CT molecular complexity index is 609. The highest BCUT2D eigenvalue weighted by Gasteiger charge is 2.22. The van der Waals surface area contributed by atoms with Crippen LogP contribution in [0.1, 0.15) is 30.2 Å². The van der Waals surface area contributed by atoms with Crippen LogP contribution in [0.15, 0.2) is 0 Å². The Hall–Kier alpha value is -0.910. The maximum absolute atomic E-state index is 9.34. The van der Waals surface area contributed by atoms with E-state index in [1.54, 1.807) is 11.3 Å². The van der Waals surface area contributed by atoms with Gasteiger partial charge in [-0.1, -0.05) is 6.92 Å². The molecule has 19 heavy (non-hydrogen) atoms. The zero-order chi connectivity index (χ0) is 13.4. The number of fused-ring (bicyclic) bond motifs is 3. The van der Waals surface area contributed by atoms with Gasteiger partial charge < -0.3 is 10.4 Å². The number of aryl methyl sites for hydroxylation is 2. The lowest BCUT2D eigenvalue weighted by Crippen LogP contribution is -2.23. The van der Waals surface area contributed by atoms with Crippen LogP contribution in [0.2, 0.25) is 5.28 Å². The first-order valence-corrected chi connectivity index (χ1v) is 7.77. The summed E-state index contributed by atoms with van der Waals surface area (Å²) in [6, 6.07) is 0.00567.